The Morgan fingerprint density at radius 1 is 1.31 bits per heavy atom. The first-order chi connectivity index (χ1) is 12.4. The highest BCUT2D eigenvalue weighted by Crippen LogP contribution is 2.27. The van der Waals surface area contributed by atoms with Crippen LogP contribution in [0.1, 0.15) is 70.0 Å². The maximum absolute atomic E-state index is 13.1. The van der Waals surface area contributed by atoms with Crippen LogP contribution in [-0.2, 0) is 4.79 Å². The molecule has 1 aromatic heterocycles. The first-order valence-electron chi connectivity index (χ1n) is 9.39. The van der Waals surface area contributed by atoms with E-state index in [1.54, 1.807) is 6.92 Å². The first-order valence-corrected chi connectivity index (χ1v) is 10.4. The van der Waals surface area contributed by atoms with Gasteiger partial charge in [0.05, 0.1) is 0 Å². The number of nitrogens with zero attached hydrogens (tertiary/aromatic N) is 2. The molecule has 1 fully saturated rings. The molecule has 1 saturated carbocycles. The minimum absolute atomic E-state index is 0.0126. The van der Waals surface area contributed by atoms with Gasteiger partial charge in [0.15, 0.2) is 0 Å². The van der Waals surface area contributed by atoms with Crippen LogP contribution in [0.2, 0.25) is 0 Å². The monoisotopic (exact) mass is 382 g/mol. The van der Waals surface area contributed by atoms with Crippen LogP contribution in [0, 0.1) is 11.8 Å². The molecule has 7 nitrogen and oxygen atoms in total. The van der Waals surface area contributed by atoms with Gasteiger partial charge in [-0.1, -0.05) is 44.9 Å². The van der Waals surface area contributed by atoms with Gasteiger partial charge in [-0.25, -0.2) is 0 Å². The molecular weight excluding hydrogens is 352 g/mol. The number of hydrogen-bond acceptors (Lipinski definition) is 7. The maximum Gasteiger partial charge on any atom is 0.287 e. The standard InChI is InChI=1S/C18H30N4O3S/c1-12(2)11-18(3,20-15(24)13-7-5-4-6-8-13)14(23)16-21-22-17(25-16)26-10-9-19/h12-13H,4-11,19H2,1-3H3,(H,20,24). The summed E-state index contributed by atoms with van der Waals surface area (Å²) in [5.74, 6) is 0.417. The average molecular weight is 383 g/mol. The maximum atomic E-state index is 13.1. The summed E-state index contributed by atoms with van der Waals surface area (Å²) in [6, 6.07) is 0. The van der Waals surface area contributed by atoms with Gasteiger partial charge in [-0.2, -0.15) is 0 Å². The first kappa shape index (κ1) is 20.9. The minimum Gasteiger partial charge on any atom is -0.408 e. The predicted molar refractivity (Wildman–Crippen MR) is 101 cm³/mol. The van der Waals surface area contributed by atoms with Crippen molar-refractivity contribution in [3.8, 4) is 0 Å². The van der Waals surface area contributed by atoms with Gasteiger partial charge < -0.3 is 15.5 Å². The van der Waals surface area contributed by atoms with E-state index >= 15 is 0 Å². The second-order valence-corrected chi connectivity index (χ2v) is 8.64. The number of hydrogen-bond donors (Lipinski definition) is 2. The molecule has 0 radical (unpaired) electrons. The summed E-state index contributed by atoms with van der Waals surface area (Å²) in [6.45, 7) is 6.29. The zero-order valence-corrected chi connectivity index (χ0v) is 16.7. The molecule has 0 bridgehead atoms. The Morgan fingerprint density at radius 3 is 2.62 bits per heavy atom. The van der Waals surface area contributed by atoms with Crippen LogP contribution in [0.25, 0.3) is 0 Å². The molecule has 3 N–H and O–H groups in total. The number of carbonyl (C=O) groups excluding carboxylic acids is 2. The number of aromatic nitrogens is 2. The van der Waals surface area contributed by atoms with Gasteiger partial charge in [-0.3, -0.25) is 9.59 Å². The second kappa shape index (κ2) is 9.50. The normalized spacial score (nSPS) is 17.9. The molecule has 1 unspecified atom stereocenters. The van der Waals surface area contributed by atoms with E-state index in [-0.39, 0.29) is 29.4 Å². The number of amides is 1. The van der Waals surface area contributed by atoms with E-state index in [9.17, 15) is 9.59 Å². The quantitative estimate of drug-likeness (QED) is 0.499. The minimum atomic E-state index is -1.05. The fourth-order valence-corrected chi connectivity index (χ4v) is 4.03. The Balaban J connectivity index is 2.14. The van der Waals surface area contributed by atoms with Crippen LogP contribution in [-0.4, -0.2) is 39.7 Å². The lowest BCUT2D eigenvalue weighted by molar-refractivity contribution is -0.127. The Hall–Kier alpha value is -1.41. The lowest BCUT2D eigenvalue weighted by atomic mass is 9.84. The van der Waals surface area contributed by atoms with Crippen molar-refractivity contribution in [2.75, 3.05) is 12.3 Å². The molecule has 146 valence electrons. The Kier molecular flexibility index (Phi) is 7.64. The predicted octanol–water partition coefficient (Wildman–Crippen LogP) is 2.80. The van der Waals surface area contributed by atoms with Crippen molar-refractivity contribution in [1.29, 1.82) is 0 Å². The third-order valence-electron chi connectivity index (χ3n) is 4.64. The number of Topliss-reactive ketones (excluding diaryl/α,β-unsaturated/α-hetero) is 1. The van der Waals surface area contributed by atoms with Crippen molar-refractivity contribution in [3.63, 3.8) is 0 Å². The van der Waals surface area contributed by atoms with Crippen LogP contribution in [0.5, 0.6) is 0 Å². The molecule has 0 saturated heterocycles. The zero-order valence-electron chi connectivity index (χ0n) is 15.9. The van der Waals surface area contributed by atoms with Gasteiger partial charge in [0.25, 0.3) is 11.1 Å². The van der Waals surface area contributed by atoms with Gasteiger partial charge in [-0.15, -0.1) is 10.2 Å². The summed E-state index contributed by atoms with van der Waals surface area (Å²) in [5, 5.41) is 11.1. The number of thioether (sulfide) groups is 1. The summed E-state index contributed by atoms with van der Waals surface area (Å²) >= 11 is 1.31. The molecule has 1 heterocycles. The van der Waals surface area contributed by atoms with Gasteiger partial charge >= 0.3 is 0 Å². The largest absolute Gasteiger partial charge is 0.408 e. The van der Waals surface area contributed by atoms with Crippen molar-refractivity contribution in [2.24, 2.45) is 17.6 Å². The zero-order chi connectivity index (χ0) is 19.2. The van der Waals surface area contributed by atoms with E-state index in [0.717, 1.165) is 25.7 Å². The van der Waals surface area contributed by atoms with Crippen molar-refractivity contribution < 1.29 is 14.0 Å². The Bertz CT molecular complexity index is 613. The van der Waals surface area contributed by atoms with E-state index in [4.69, 9.17) is 10.2 Å². The highest BCUT2D eigenvalue weighted by Gasteiger charge is 2.40. The van der Waals surface area contributed by atoms with Crippen LogP contribution < -0.4 is 11.1 Å². The number of carbonyl (C=O) groups is 2. The van der Waals surface area contributed by atoms with Gasteiger partial charge in [0, 0.05) is 18.2 Å². The topological polar surface area (TPSA) is 111 Å². The molecular formula is C18H30N4O3S. The lowest BCUT2D eigenvalue weighted by Crippen LogP contribution is -2.54. The number of rotatable bonds is 9. The van der Waals surface area contributed by atoms with E-state index in [0.29, 0.717) is 23.9 Å². The fraction of sp³-hybridized carbons (Fsp3) is 0.778. The Labute approximate surface area is 159 Å². The molecule has 0 aliphatic heterocycles. The van der Waals surface area contributed by atoms with E-state index in [1.165, 1.54) is 18.2 Å². The number of ketones is 1. The third-order valence-corrected chi connectivity index (χ3v) is 5.49. The SMILES string of the molecule is CC(C)CC(C)(NC(=O)C1CCCCC1)C(=O)c1nnc(SCCN)o1. The van der Waals surface area contributed by atoms with E-state index < -0.39 is 5.54 Å². The molecule has 1 aliphatic carbocycles. The summed E-state index contributed by atoms with van der Waals surface area (Å²) in [7, 11) is 0. The molecule has 8 heteroatoms. The van der Waals surface area contributed by atoms with E-state index in [1.807, 2.05) is 13.8 Å². The summed E-state index contributed by atoms with van der Waals surface area (Å²) in [5.41, 5.74) is 4.42. The molecule has 1 atom stereocenters. The van der Waals surface area contributed by atoms with E-state index in [2.05, 4.69) is 15.5 Å². The molecule has 1 amide bonds. The summed E-state index contributed by atoms with van der Waals surface area (Å²) in [4.78, 5) is 25.8. The van der Waals surface area contributed by atoms with Crippen LogP contribution in [0.15, 0.2) is 9.64 Å². The van der Waals surface area contributed by atoms with Crippen molar-refractivity contribution in [2.45, 2.75) is 70.1 Å². The van der Waals surface area contributed by atoms with Crippen LogP contribution >= 0.6 is 11.8 Å². The van der Waals surface area contributed by atoms with Crippen molar-refractivity contribution in [3.05, 3.63) is 5.89 Å². The molecule has 0 spiro atoms. The lowest BCUT2D eigenvalue weighted by Gasteiger charge is -2.32. The number of nitrogens with two attached hydrogens (primary N) is 1. The molecule has 26 heavy (non-hydrogen) atoms. The summed E-state index contributed by atoms with van der Waals surface area (Å²) in [6.07, 6.45) is 5.60. The Morgan fingerprint density at radius 2 is 2.00 bits per heavy atom. The molecule has 1 aromatic rings. The van der Waals surface area contributed by atoms with Crippen LogP contribution in [0.4, 0.5) is 0 Å². The molecule has 0 aromatic carbocycles. The molecule has 2 rings (SSSR count). The highest BCUT2D eigenvalue weighted by atomic mass is 32.2. The van der Waals surface area contributed by atoms with Gasteiger partial charge in [0.2, 0.25) is 11.7 Å². The van der Waals surface area contributed by atoms with Gasteiger partial charge in [-0.05, 0) is 32.1 Å². The smallest absolute Gasteiger partial charge is 0.287 e. The number of nitrogens with one attached hydrogen (secondary N) is 1. The summed E-state index contributed by atoms with van der Waals surface area (Å²) < 4.78 is 5.49. The van der Waals surface area contributed by atoms with Crippen molar-refractivity contribution >= 4 is 23.5 Å². The third kappa shape index (κ3) is 5.54. The van der Waals surface area contributed by atoms with Gasteiger partial charge in [0.1, 0.15) is 5.54 Å². The second-order valence-electron chi connectivity index (χ2n) is 7.59. The molecule has 1 aliphatic rings. The van der Waals surface area contributed by atoms with Crippen molar-refractivity contribution in [1.82, 2.24) is 15.5 Å². The highest BCUT2D eigenvalue weighted by molar-refractivity contribution is 7.99. The van der Waals surface area contributed by atoms with Crippen LogP contribution in [0.3, 0.4) is 0 Å². The average Bonchev–Trinajstić information content (AvgIpc) is 3.08. The fourth-order valence-electron chi connectivity index (χ4n) is 3.50.